The van der Waals surface area contributed by atoms with Crippen molar-refractivity contribution in [2.24, 2.45) is 0 Å². The highest BCUT2D eigenvalue weighted by Crippen LogP contribution is 2.23. The summed E-state index contributed by atoms with van der Waals surface area (Å²) in [6, 6.07) is 5.88. The minimum Gasteiger partial charge on any atom is -0.488 e. The number of nitriles is 1. The largest absolute Gasteiger partial charge is 0.488 e. The maximum atomic E-state index is 10.6. The second-order valence-electron chi connectivity index (χ2n) is 3.64. The molecule has 6 nitrogen and oxygen atoms in total. The van der Waals surface area contributed by atoms with Gasteiger partial charge in [-0.25, -0.2) is 0 Å². The van der Waals surface area contributed by atoms with Crippen LogP contribution in [0.3, 0.4) is 0 Å². The third kappa shape index (κ3) is 3.71. The van der Waals surface area contributed by atoms with Gasteiger partial charge in [0.15, 0.2) is 0 Å². The van der Waals surface area contributed by atoms with E-state index >= 15 is 0 Å². The summed E-state index contributed by atoms with van der Waals surface area (Å²) >= 11 is 0. The summed E-state index contributed by atoms with van der Waals surface area (Å²) in [5, 5.41) is 19.5. The number of nitro groups is 1. The van der Waals surface area contributed by atoms with Gasteiger partial charge in [0, 0.05) is 18.7 Å². The maximum absolute atomic E-state index is 10.6. The third-order valence-corrected chi connectivity index (χ3v) is 2.18. The molecule has 0 spiro atoms. The molecule has 0 N–H and O–H groups in total. The molecule has 1 aromatic carbocycles. The summed E-state index contributed by atoms with van der Waals surface area (Å²) in [6.45, 7) is 4.72. The monoisotopic (exact) mass is 250 g/mol. The first-order valence-corrected chi connectivity index (χ1v) is 5.51. The first kappa shape index (κ1) is 13.9. The minimum atomic E-state index is -0.591. The molecular weight excluding hydrogens is 236 g/mol. The highest BCUT2D eigenvalue weighted by atomic mass is 16.6. The molecule has 1 rings (SSSR count). The van der Waals surface area contributed by atoms with E-state index in [-0.39, 0.29) is 17.4 Å². The van der Waals surface area contributed by atoms with Crippen LogP contribution in [-0.4, -0.2) is 24.2 Å². The molecule has 0 amide bonds. The van der Waals surface area contributed by atoms with Crippen LogP contribution in [0, 0.1) is 21.4 Å². The number of nitro benzene ring substituents is 1. The minimum absolute atomic E-state index is 0.0129. The normalized spacial score (nSPS) is 11.6. The predicted molar refractivity (Wildman–Crippen MR) is 64.4 cm³/mol. The van der Waals surface area contributed by atoms with Crippen LogP contribution >= 0.6 is 0 Å². The van der Waals surface area contributed by atoms with Crippen LogP contribution in [-0.2, 0) is 4.74 Å². The van der Waals surface area contributed by atoms with E-state index in [0.29, 0.717) is 19.0 Å². The van der Waals surface area contributed by atoms with E-state index in [0.717, 1.165) is 0 Å². The second kappa shape index (κ2) is 6.57. The van der Waals surface area contributed by atoms with Gasteiger partial charge in [0.25, 0.3) is 5.69 Å². The summed E-state index contributed by atoms with van der Waals surface area (Å²) in [4.78, 5) is 10.1. The Morgan fingerprint density at radius 1 is 1.56 bits per heavy atom. The predicted octanol–water partition coefficient (Wildman–Crippen LogP) is 2.27. The summed E-state index contributed by atoms with van der Waals surface area (Å²) in [5.41, 5.74) is -0.233. The molecule has 6 heteroatoms. The molecule has 1 aromatic rings. The van der Waals surface area contributed by atoms with E-state index < -0.39 is 4.92 Å². The first-order valence-electron chi connectivity index (χ1n) is 5.51. The second-order valence-corrected chi connectivity index (χ2v) is 3.64. The van der Waals surface area contributed by atoms with Gasteiger partial charge in [0.2, 0.25) is 0 Å². The van der Waals surface area contributed by atoms with E-state index in [1.807, 2.05) is 13.8 Å². The van der Waals surface area contributed by atoms with E-state index in [1.54, 1.807) is 6.07 Å². The molecule has 0 bridgehead atoms. The van der Waals surface area contributed by atoms with Crippen molar-refractivity contribution in [3.05, 3.63) is 33.9 Å². The molecule has 18 heavy (non-hydrogen) atoms. The first-order chi connectivity index (χ1) is 8.58. The van der Waals surface area contributed by atoms with Gasteiger partial charge < -0.3 is 9.47 Å². The van der Waals surface area contributed by atoms with Crippen LogP contribution in [0.5, 0.6) is 5.75 Å². The average molecular weight is 250 g/mol. The van der Waals surface area contributed by atoms with Crippen LogP contribution in [0.15, 0.2) is 18.2 Å². The zero-order valence-corrected chi connectivity index (χ0v) is 10.3. The number of hydrogen-bond donors (Lipinski definition) is 0. The van der Waals surface area contributed by atoms with Gasteiger partial charge in [-0.3, -0.25) is 10.1 Å². The Morgan fingerprint density at radius 2 is 2.28 bits per heavy atom. The molecule has 0 aliphatic heterocycles. The number of ether oxygens (including phenoxy) is 2. The lowest BCUT2D eigenvalue weighted by Gasteiger charge is -2.14. The fraction of sp³-hybridized carbons (Fsp3) is 0.417. The number of rotatable bonds is 6. The van der Waals surface area contributed by atoms with Crippen molar-refractivity contribution in [1.82, 2.24) is 0 Å². The molecule has 0 aliphatic rings. The highest BCUT2D eigenvalue weighted by Gasteiger charge is 2.15. The zero-order valence-electron chi connectivity index (χ0n) is 10.3. The quantitative estimate of drug-likeness (QED) is 0.571. The Hall–Kier alpha value is -2.13. The standard InChI is InChI=1S/C12H14N2O4/c1-3-17-8-9(2)18-11-4-5-12(14(15)16)10(6-11)7-13/h4-6,9H,3,8H2,1-2H3. The lowest BCUT2D eigenvalue weighted by atomic mass is 10.2. The average Bonchev–Trinajstić information content (AvgIpc) is 2.35. The zero-order chi connectivity index (χ0) is 13.5. The number of benzene rings is 1. The molecule has 1 atom stereocenters. The van der Waals surface area contributed by atoms with Crippen molar-refractivity contribution < 1.29 is 14.4 Å². The van der Waals surface area contributed by atoms with Gasteiger partial charge in [-0.2, -0.15) is 5.26 Å². The molecule has 1 unspecified atom stereocenters. The van der Waals surface area contributed by atoms with Gasteiger partial charge in [0.05, 0.1) is 11.5 Å². The maximum Gasteiger partial charge on any atom is 0.287 e. The van der Waals surface area contributed by atoms with Crippen molar-refractivity contribution in [3.63, 3.8) is 0 Å². The molecule has 0 saturated heterocycles. The molecule has 0 radical (unpaired) electrons. The molecule has 96 valence electrons. The van der Waals surface area contributed by atoms with Crippen molar-refractivity contribution in [2.45, 2.75) is 20.0 Å². The summed E-state index contributed by atoms with van der Waals surface area (Å²) < 4.78 is 10.7. The third-order valence-electron chi connectivity index (χ3n) is 2.18. The van der Waals surface area contributed by atoms with E-state index in [4.69, 9.17) is 14.7 Å². The molecule has 0 aliphatic carbocycles. The van der Waals surface area contributed by atoms with Gasteiger partial charge in [-0.15, -0.1) is 0 Å². The number of nitrogens with zero attached hydrogens (tertiary/aromatic N) is 2. The topological polar surface area (TPSA) is 85.4 Å². The highest BCUT2D eigenvalue weighted by molar-refractivity contribution is 5.52. The Bertz CT molecular complexity index is 468. The van der Waals surface area contributed by atoms with Crippen molar-refractivity contribution >= 4 is 5.69 Å². The SMILES string of the molecule is CCOCC(C)Oc1ccc([N+](=O)[O-])c(C#N)c1. The summed E-state index contributed by atoms with van der Waals surface area (Å²) in [5.74, 6) is 0.421. The Morgan fingerprint density at radius 3 is 2.83 bits per heavy atom. The Labute approximate surface area is 105 Å². The van der Waals surface area contributed by atoms with Crippen LogP contribution in [0.1, 0.15) is 19.4 Å². The molecule has 0 heterocycles. The van der Waals surface area contributed by atoms with Crippen LogP contribution < -0.4 is 4.74 Å². The summed E-state index contributed by atoms with van der Waals surface area (Å²) in [6.07, 6.45) is -0.182. The molecule has 0 saturated carbocycles. The van der Waals surface area contributed by atoms with Gasteiger partial charge in [0.1, 0.15) is 23.5 Å². The molecule has 0 aromatic heterocycles. The Balaban J connectivity index is 2.80. The van der Waals surface area contributed by atoms with Crippen molar-refractivity contribution in [3.8, 4) is 11.8 Å². The smallest absolute Gasteiger partial charge is 0.287 e. The fourth-order valence-electron chi connectivity index (χ4n) is 1.39. The number of hydrogen-bond acceptors (Lipinski definition) is 5. The van der Waals surface area contributed by atoms with E-state index in [1.165, 1.54) is 18.2 Å². The lowest BCUT2D eigenvalue weighted by molar-refractivity contribution is -0.385. The Kier molecular flexibility index (Phi) is 5.08. The van der Waals surface area contributed by atoms with E-state index in [9.17, 15) is 10.1 Å². The van der Waals surface area contributed by atoms with E-state index in [2.05, 4.69) is 0 Å². The fourth-order valence-corrected chi connectivity index (χ4v) is 1.39. The van der Waals surface area contributed by atoms with Gasteiger partial charge in [-0.05, 0) is 19.9 Å². The van der Waals surface area contributed by atoms with Gasteiger partial charge >= 0.3 is 0 Å². The summed E-state index contributed by atoms with van der Waals surface area (Å²) in [7, 11) is 0. The molecular formula is C12H14N2O4. The van der Waals surface area contributed by atoms with Crippen LogP contribution in [0.4, 0.5) is 5.69 Å². The van der Waals surface area contributed by atoms with Crippen molar-refractivity contribution in [2.75, 3.05) is 13.2 Å². The van der Waals surface area contributed by atoms with Gasteiger partial charge in [-0.1, -0.05) is 0 Å². The lowest BCUT2D eigenvalue weighted by Crippen LogP contribution is -2.19. The van der Waals surface area contributed by atoms with Crippen LogP contribution in [0.2, 0.25) is 0 Å². The molecule has 0 fully saturated rings. The van der Waals surface area contributed by atoms with Crippen LogP contribution in [0.25, 0.3) is 0 Å². The van der Waals surface area contributed by atoms with Crippen molar-refractivity contribution in [1.29, 1.82) is 5.26 Å².